The quantitative estimate of drug-likeness (QED) is 0.216. The van der Waals surface area contributed by atoms with Crippen LogP contribution in [0.15, 0.2) is 84.3 Å². The lowest BCUT2D eigenvalue weighted by Gasteiger charge is -2.10. The minimum Gasteiger partial charge on any atom is -0.397 e. The molecule has 2 aromatic heterocycles. The molecule has 7 nitrogen and oxygen atoms in total. The van der Waals surface area contributed by atoms with Crippen molar-refractivity contribution in [2.24, 2.45) is 0 Å². The van der Waals surface area contributed by atoms with Crippen LogP contribution < -0.4 is 16.4 Å². The van der Waals surface area contributed by atoms with E-state index in [0.29, 0.717) is 28.6 Å². The molecule has 0 unspecified atom stereocenters. The summed E-state index contributed by atoms with van der Waals surface area (Å²) in [4.78, 5) is 25.8. The highest BCUT2D eigenvalue weighted by Crippen LogP contribution is 2.23. The first-order valence-electron chi connectivity index (χ1n) is 9.94. The van der Waals surface area contributed by atoms with Gasteiger partial charge in [0.2, 0.25) is 0 Å². The van der Waals surface area contributed by atoms with Gasteiger partial charge in [0, 0.05) is 36.1 Å². The van der Waals surface area contributed by atoms with Crippen LogP contribution in [-0.4, -0.2) is 27.1 Å². The fourth-order valence-corrected chi connectivity index (χ4v) is 3.42. The molecule has 0 spiro atoms. The van der Waals surface area contributed by atoms with E-state index in [1.165, 1.54) is 11.8 Å². The van der Waals surface area contributed by atoms with E-state index in [1.54, 1.807) is 36.7 Å². The number of carbonyl (C=O) groups is 1. The van der Waals surface area contributed by atoms with Gasteiger partial charge in [-0.3, -0.25) is 9.78 Å². The topological polar surface area (TPSA) is 106 Å². The molecule has 1 amide bonds. The molecule has 4 N–H and O–H groups in total. The molecule has 0 bridgehead atoms. The van der Waals surface area contributed by atoms with E-state index >= 15 is 0 Å². The number of carbonyl (C=O) groups excluding carboxylic acids is 1. The highest BCUT2D eigenvalue weighted by Gasteiger charge is 2.09. The van der Waals surface area contributed by atoms with E-state index in [0.717, 1.165) is 22.6 Å². The first-order valence-corrected chi connectivity index (χ1v) is 11.2. The Kier molecular flexibility index (Phi) is 6.62. The average molecular weight is 443 g/mol. The second-order valence-corrected chi connectivity index (χ2v) is 7.73. The summed E-state index contributed by atoms with van der Waals surface area (Å²) in [5.74, 6) is 0.522. The van der Waals surface area contributed by atoms with Gasteiger partial charge < -0.3 is 16.4 Å². The van der Waals surface area contributed by atoms with Crippen molar-refractivity contribution in [2.75, 3.05) is 22.6 Å². The molecule has 32 heavy (non-hydrogen) atoms. The minimum absolute atomic E-state index is 0.205. The van der Waals surface area contributed by atoms with Gasteiger partial charge in [0.05, 0.1) is 17.1 Å². The van der Waals surface area contributed by atoms with Crippen molar-refractivity contribution >= 4 is 34.9 Å². The fraction of sp³-hybridized carbons (Fsp3) is 0.0833. The van der Waals surface area contributed by atoms with Gasteiger partial charge in [0.25, 0.3) is 5.91 Å². The van der Waals surface area contributed by atoms with Crippen molar-refractivity contribution in [1.29, 1.82) is 0 Å². The number of anilines is 3. The SMILES string of the molecule is CSc1nc(NCc2ccc(C(=O)Nc3ccccc3N)cc2)cc(-c2cccnc2)n1. The van der Waals surface area contributed by atoms with Gasteiger partial charge in [0.1, 0.15) is 5.82 Å². The van der Waals surface area contributed by atoms with Gasteiger partial charge in [-0.05, 0) is 48.2 Å². The monoisotopic (exact) mass is 442 g/mol. The van der Waals surface area contributed by atoms with Gasteiger partial charge in [-0.25, -0.2) is 9.97 Å². The Hall–Kier alpha value is -3.91. The normalized spacial score (nSPS) is 10.5. The summed E-state index contributed by atoms with van der Waals surface area (Å²) in [6.07, 6.45) is 5.46. The highest BCUT2D eigenvalue weighted by molar-refractivity contribution is 7.98. The Morgan fingerprint density at radius 2 is 1.84 bits per heavy atom. The van der Waals surface area contributed by atoms with Crippen LogP contribution >= 0.6 is 11.8 Å². The van der Waals surface area contributed by atoms with Crippen molar-refractivity contribution in [1.82, 2.24) is 15.0 Å². The number of pyridine rings is 1. The Labute approximate surface area is 190 Å². The number of amides is 1. The van der Waals surface area contributed by atoms with Crippen LogP contribution in [0.25, 0.3) is 11.3 Å². The lowest BCUT2D eigenvalue weighted by Crippen LogP contribution is -2.13. The first-order chi connectivity index (χ1) is 15.6. The van der Waals surface area contributed by atoms with Crippen molar-refractivity contribution < 1.29 is 4.79 Å². The van der Waals surface area contributed by atoms with Crippen LogP contribution in [0.1, 0.15) is 15.9 Å². The standard InChI is InChI=1S/C24H22N6OS/c1-32-24-29-21(18-5-4-12-26-15-18)13-22(30-24)27-14-16-8-10-17(11-9-16)23(31)28-20-7-3-2-6-19(20)25/h2-13,15H,14,25H2,1H3,(H,28,31)(H,27,29,30). The molecule has 4 aromatic rings. The van der Waals surface area contributed by atoms with Crippen LogP contribution in [0, 0.1) is 0 Å². The van der Waals surface area contributed by atoms with Crippen LogP contribution in [0.2, 0.25) is 0 Å². The number of para-hydroxylation sites is 2. The number of nitrogens with zero attached hydrogens (tertiary/aromatic N) is 3. The fourth-order valence-electron chi connectivity index (χ4n) is 3.04. The van der Waals surface area contributed by atoms with Gasteiger partial charge >= 0.3 is 0 Å². The third-order valence-electron chi connectivity index (χ3n) is 4.74. The maximum absolute atomic E-state index is 12.5. The number of hydrogen-bond acceptors (Lipinski definition) is 7. The summed E-state index contributed by atoms with van der Waals surface area (Å²) >= 11 is 1.48. The van der Waals surface area contributed by atoms with E-state index in [2.05, 4.69) is 25.6 Å². The molecule has 0 aliphatic rings. The van der Waals surface area contributed by atoms with Gasteiger partial charge in [0.15, 0.2) is 5.16 Å². The predicted octanol–water partition coefficient (Wildman–Crippen LogP) is 4.71. The molecule has 4 rings (SSSR count). The molecular formula is C24H22N6OS. The number of nitrogens with two attached hydrogens (primary N) is 1. The Morgan fingerprint density at radius 1 is 1.03 bits per heavy atom. The Morgan fingerprint density at radius 3 is 2.56 bits per heavy atom. The van der Waals surface area contributed by atoms with E-state index < -0.39 is 0 Å². The summed E-state index contributed by atoms with van der Waals surface area (Å²) in [7, 11) is 0. The van der Waals surface area contributed by atoms with E-state index in [-0.39, 0.29) is 5.91 Å². The molecule has 0 saturated heterocycles. The largest absolute Gasteiger partial charge is 0.397 e. The highest BCUT2D eigenvalue weighted by atomic mass is 32.2. The van der Waals surface area contributed by atoms with Crippen molar-refractivity contribution in [3.8, 4) is 11.3 Å². The second-order valence-electron chi connectivity index (χ2n) is 6.96. The Bertz CT molecular complexity index is 1210. The average Bonchev–Trinajstić information content (AvgIpc) is 2.84. The number of rotatable bonds is 7. The van der Waals surface area contributed by atoms with Crippen molar-refractivity contribution in [3.63, 3.8) is 0 Å². The van der Waals surface area contributed by atoms with Gasteiger partial charge in [-0.15, -0.1) is 0 Å². The zero-order valence-corrected chi connectivity index (χ0v) is 18.3. The zero-order valence-electron chi connectivity index (χ0n) is 17.4. The van der Waals surface area contributed by atoms with Crippen LogP contribution in [0.4, 0.5) is 17.2 Å². The lowest BCUT2D eigenvalue weighted by molar-refractivity contribution is 0.102. The van der Waals surface area contributed by atoms with Crippen LogP contribution in [0.5, 0.6) is 0 Å². The molecule has 0 fully saturated rings. The van der Waals surface area contributed by atoms with Crippen LogP contribution in [-0.2, 0) is 6.54 Å². The van der Waals surface area contributed by atoms with E-state index in [9.17, 15) is 4.79 Å². The van der Waals surface area contributed by atoms with Gasteiger partial charge in [-0.1, -0.05) is 36.0 Å². The van der Waals surface area contributed by atoms with E-state index in [1.807, 2.05) is 48.7 Å². The predicted molar refractivity (Wildman–Crippen MR) is 130 cm³/mol. The summed E-state index contributed by atoms with van der Waals surface area (Å²) in [6.45, 7) is 0.560. The summed E-state index contributed by atoms with van der Waals surface area (Å²) < 4.78 is 0. The number of aromatic nitrogens is 3. The molecular weight excluding hydrogens is 420 g/mol. The van der Waals surface area contributed by atoms with E-state index in [4.69, 9.17) is 5.73 Å². The number of thioether (sulfide) groups is 1. The molecule has 8 heteroatoms. The number of hydrogen-bond donors (Lipinski definition) is 3. The summed E-state index contributed by atoms with van der Waals surface area (Å²) in [6, 6.07) is 20.3. The van der Waals surface area contributed by atoms with Crippen molar-refractivity contribution in [2.45, 2.75) is 11.7 Å². The molecule has 160 valence electrons. The van der Waals surface area contributed by atoms with Crippen molar-refractivity contribution in [3.05, 3.63) is 90.3 Å². The Balaban J connectivity index is 1.43. The zero-order chi connectivity index (χ0) is 22.3. The van der Waals surface area contributed by atoms with Crippen LogP contribution in [0.3, 0.4) is 0 Å². The molecule has 0 aliphatic carbocycles. The molecule has 2 aromatic carbocycles. The van der Waals surface area contributed by atoms with Gasteiger partial charge in [-0.2, -0.15) is 0 Å². The third-order valence-corrected chi connectivity index (χ3v) is 5.29. The summed E-state index contributed by atoms with van der Waals surface area (Å²) in [5, 5.41) is 6.86. The third kappa shape index (κ3) is 5.22. The number of nitrogen functional groups attached to an aromatic ring is 1. The molecule has 0 atom stereocenters. The maximum atomic E-state index is 12.5. The number of benzene rings is 2. The number of nitrogens with one attached hydrogen (secondary N) is 2. The molecule has 0 aliphatic heterocycles. The smallest absolute Gasteiger partial charge is 0.255 e. The first kappa shape index (κ1) is 21.3. The molecule has 2 heterocycles. The molecule has 0 saturated carbocycles. The minimum atomic E-state index is -0.205. The second kappa shape index (κ2) is 9.93. The lowest BCUT2D eigenvalue weighted by atomic mass is 10.1. The molecule has 0 radical (unpaired) electrons. The maximum Gasteiger partial charge on any atom is 0.255 e. The summed E-state index contributed by atoms with van der Waals surface area (Å²) in [5.41, 5.74) is 10.3.